The van der Waals surface area contributed by atoms with Gasteiger partial charge in [-0.1, -0.05) is 55.5 Å². The van der Waals surface area contributed by atoms with Gasteiger partial charge in [0.1, 0.15) is 6.61 Å². The molecule has 0 bridgehead atoms. The van der Waals surface area contributed by atoms with Crippen LogP contribution in [-0.2, 0) is 14.3 Å². The number of fused-ring (bicyclic) bond motifs is 3. The Morgan fingerprint density at radius 1 is 1.03 bits per heavy atom. The van der Waals surface area contributed by atoms with E-state index in [-0.39, 0.29) is 31.8 Å². The Hall–Kier alpha value is -3.56. The predicted octanol–water partition coefficient (Wildman–Crippen LogP) is 4.46. The monoisotopic (exact) mass is 492 g/mol. The fourth-order valence-corrected chi connectivity index (χ4v) is 4.17. The van der Waals surface area contributed by atoms with Crippen molar-refractivity contribution in [2.75, 3.05) is 13.2 Å². The molecule has 1 aliphatic carbocycles. The van der Waals surface area contributed by atoms with Crippen molar-refractivity contribution in [3.63, 3.8) is 0 Å². The van der Waals surface area contributed by atoms with E-state index in [9.17, 15) is 27.6 Å². The lowest BCUT2D eigenvalue weighted by Crippen LogP contribution is -2.49. The van der Waals surface area contributed by atoms with Crippen molar-refractivity contribution in [1.29, 1.82) is 0 Å². The highest BCUT2D eigenvalue weighted by atomic mass is 19.4. The van der Waals surface area contributed by atoms with Crippen LogP contribution in [0.5, 0.6) is 0 Å². The van der Waals surface area contributed by atoms with Gasteiger partial charge in [0.15, 0.2) is 5.92 Å². The summed E-state index contributed by atoms with van der Waals surface area (Å²) in [4.78, 5) is 35.2. The first-order valence-electron chi connectivity index (χ1n) is 11.3. The lowest BCUT2D eigenvalue weighted by atomic mass is 9.98. The molecule has 188 valence electrons. The predicted molar refractivity (Wildman–Crippen MR) is 122 cm³/mol. The number of carbonyl (C=O) groups is 3. The topological polar surface area (TPSA) is 105 Å². The van der Waals surface area contributed by atoms with Gasteiger partial charge in [-0.05, 0) is 35.1 Å². The molecule has 0 aromatic heterocycles. The van der Waals surface area contributed by atoms with E-state index in [0.717, 1.165) is 22.3 Å². The summed E-state index contributed by atoms with van der Waals surface area (Å²) >= 11 is 0. The molecule has 2 unspecified atom stereocenters. The largest absolute Gasteiger partial charge is 0.481 e. The van der Waals surface area contributed by atoms with E-state index in [2.05, 4.69) is 5.32 Å². The molecule has 0 saturated heterocycles. The fraction of sp³-hybridized carbons (Fsp3) is 0.400. The molecular weight excluding hydrogens is 465 g/mol. The zero-order chi connectivity index (χ0) is 25.6. The molecule has 0 saturated carbocycles. The molecule has 0 aliphatic heterocycles. The third-order valence-electron chi connectivity index (χ3n) is 6.05. The average Bonchev–Trinajstić information content (AvgIpc) is 3.13. The van der Waals surface area contributed by atoms with Gasteiger partial charge >= 0.3 is 18.2 Å². The number of alkyl carbamates (subject to hydrolysis) is 1. The van der Waals surface area contributed by atoms with Gasteiger partial charge in [-0.25, -0.2) is 4.79 Å². The van der Waals surface area contributed by atoms with Crippen LogP contribution >= 0.6 is 0 Å². The molecule has 1 aliphatic rings. The maximum absolute atomic E-state index is 13.5. The summed E-state index contributed by atoms with van der Waals surface area (Å²) in [7, 11) is 0. The number of carboxylic acid groups (broad SMARTS) is 1. The number of hydrogen-bond donors (Lipinski definition) is 3. The van der Waals surface area contributed by atoms with E-state index in [4.69, 9.17) is 9.84 Å². The van der Waals surface area contributed by atoms with Crippen molar-refractivity contribution in [2.24, 2.45) is 5.92 Å². The van der Waals surface area contributed by atoms with Crippen LogP contribution in [0.25, 0.3) is 11.1 Å². The summed E-state index contributed by atoms with van der Waals surface area (Å²) in [6.07, 6.45) is -5.99. The Morgan fingerprint density at radius 3 is 2.11 bits per heavy atom. The van der Waals surface area contributed by atoms with E-state index in [0.29, 0.717) is 0 Å². The second kappa shape index (κ2) is 11.2. The van der Waals surface area contributed by atoms with Crippen LogP contribution in [0, 0.1) is 5.92 Å². The fourth-order valence-electron chi connectivity index (χ4n) is 4.17. The number of carbonyl (C=O) groups excluding carboxylic acids is 2. The zero-order valence-electron chi connectivity index (χ0n) is 19.1. The quantitative estimate of drug-likeness (QED) is 0.454. The number of amides is 2. The van der Waals surface area contributed by atoms with Gasteiger partial charge in [0.2, 0.25) is 5.91 Å². The minimum Gasteiger partial charge on any atom is -0.481 e. The van der Waals surface area contributed by atoms with Crippen molar-refractivity contribution in [1.82, 2.24) is 10.6 Å². The van der Waals surface area contributed by atoms with Gasteiger partial charge in [0, 0.05) is 24.9 Å². The third kappa shape index (κ3) is 6.52. The minimum atomic E-state index is -4.91. The molecule has 0 fully saturated rings. The lowest BCUT2D eigenvalue weighted by Gasteiger charge is -2.23. The summed E-state index contributed by atoms with van der Waals surface area (Å²) in [5.41, 5.74) is 3.95. The SMILES string of the molecule is CCC(CCC(=O)O)NC(=O)C(CNC(=O)OCC1c2ccccc2-c2ccccc21)C(F)(F)F. The lowest BCUT2D eigenvalue weighted by molar-refractivity contribution is -0.181. The van der Waals surface area contributed by atoms with Gasteiger partial charge in [0.05, 0.1) is 0 Å². The third-order valence-corrected chi connectivity index (χ3v) is 6.05. The number of benzene rings is 2. The number of carboxylic acids is 1. The number of rotatable bonds is 10. The van der Waals surface area contributed by atoms with E-state index < -0.39 is 42.7 Å². The number of nitrogens with one attached hydrogen (secondary N) is 2. The molecule has 10 heteroatoms. The summed E-state index contributed by atoms with van der Waals surface area (Å²) in [5.74, 6) is -5.19. The Bertz CT molecular complexity index is 1030. The average molecular weight is 492 g/mol. The molecule has 2 aromatic carbocycles. The van der Waals surface area contributed by atoms with Crippen LogP contribution in [0.1, 0.15) is 43.2 Å². The van der Waals surface area contributed by atoms with E-state index >= 15 is 0 Å². The molecule has 0 spiro atoms. The number of alkyl halides is 3. The second-order valence-corrected chi connectivity index (χ2v) is 8.35. The highest BCUT2D eigenvalue weighted by molar-refractivity contribution is 5.81. The number of halogens is 3. The Balaban J connectivity index is 1.59. The van der Waals surface area contributed by atoms with Gasteiger partial charge in [0.25, 0.3) is 0 Å². The van der Waals surface area contributed by atoms with Gasteiger partial charge in [-0.2, -0.15) is 13.2 Å². The summed E-state index contributed by atoms with van der Waals surface area (Å²) < 4.78 is 45.7. The standard InChI is InChI=1S/C25H27F3N2O5/c1-2-15(11-12-22(31)32)30-23(33)21(25(26,27)28)13-29-24(34)35-14-20-18-9-5-3-7-16(18)17-8-4-6-10-19(17)20/h3-10,15,20-21H,2,11-14H2,1H3,(H,29,34)(H,30,33)(H,31,32). The molecular formula is C25H27F3N2O5. The van der Waals surface area contributed by atoms with Crippen molar-refractivity contribution in [3.8, 4) is 11.1 Å². The molecule has 7 nitrogen and oxygen atoms in total. The minimum absolute atomic E-state index is 0.00194. The molecule has 2 aromatic rings. The van der Waals surface area contributed by atoms with Crippen LogP contribution in [0.15, 0.2) is 48.5 Å². The Labute approximate surface area is 200 Å². The maximum atomic E-state index is 13.5. The molecule has 3 N–H and O–H groups in total. The summed E-state index contributed by atoms with van der Waals surface area (Å²) in [6.45, 7) is 0.557. The van der Waals surface area contributed by atoms with Crippen LogP contribution in [0.4, 0.5) is 18.0 Å². The molecule has 3 rings (SSSR count). The summed E-state index contributed by atoms with van der Waals surface area (Å²) in [5, 5.41) is 13.0. The summed E-state index contributed by atoms with van der Waals surface area (Å²) in [6, 6.07) is 14.6. The highest BCUT2D eigenvalue weighted by Crippen LogP contribution is 2.44. The molecule has 0 radical (unpaired) electrons. The maximum Gasteiger partial charge on any atom is 0.407 e. The second-order valence-electron chi connectivity index (χ2n) is 8.35. The van der Waals surface area contributed by atoms with Crippen LogP contribution < -0.4 is 10.6 Å². The van der Waals surface area contributed by atoms with Crippen molar-refractivity contribution in [2.45, 2.75) is 44.3 Å². The number of aliphatic carboxylic acids is 1. The van der Waals surface area contributed by atoms with E-state index in [1.807, 2.05) is 53.8 Å². The van der Waals surface area contributed by atoms with Crippen molar-refractivity contribution < 1.29 is 37.4 Å². The van der Waals surface area contributed by atoms with Crippen molar-refractivity contribution >= 4 is 18.0 Å². The van der Waals surface area contributed by atoms with Gasteiger partial charge < -0.3 is 20.5 Å². The van der Waals surface area contributed by atoms with E-state index in [1.54, 1.807) is 6.92 Å². The van der Waals surface area contributed by atoms with Crippen LogP contribution in [0.2, 0.25) is 0 Å². The Kier molecular flexibility index (Phi) is 8.37. The first kappa shape index (κ1) is 26.1. The first-order chi connectivity index (χ1) is 16.6. The van der Waals surface area contributed by atoms with Gasteiger partial charge in [-0.3, -0.25) is 9.59 Å². The molecule has 35 heavy (non-hydrogen) atoms. The van der Waals surface area contributed by atoms with E-state index in [1.165, 1.54) is 0 Å². The molecule has 2 amide bonds. The number of ether oxygens (including phenoxy) is 1. The first-order valence-corrected chi connectivity index (χ1v) is 11.3. The molecule has 0 heterocycles. The Morgan fingerprint density at radius 2 is 1.60 bits per heavy atom. The van der Waals surface area contributed by atoms with Gasteiger partial charge in [-0.15, -0.1) is 0 Å². The van der Waals surface area contributed by atoms with Crippen LogP contribution in [-0.4, -0.2) is 48.4 Å². The molecule has 2 atom stereocenters. The van der Waals surface area contributed by atoms with Crippen LogP contribution in [0.3, 0.4) is 0 Å². The normalized spacial score (nSPS) is 14.4. The van der Waals surface area contributed by atoms with Crippen molar-refractivity contribution in [3.05, 3.63) is 59.7 Å². The number of hydrogen-bond acceptors (Lipinski definition) is 4. The smallest absolute Gasteiger partial charge is 0.407 e. The highest BCUT2D eigenvalue weighted by Gasteiger charge is 2.45. The zero-order valence-corrected chi connectivity index (χ0v) is 19.1.